The number of nitrogens with zero attached hydrogens (tertiary/aromatic N) is 3. The van der Waals surface area contributed by atoms with E-state index in [0.717, 1.165) is 29.7 Å². The molecule has 186 valence electrons. The predicted molar refractivity (Wildman–Crippen MR) is 138 cm³/mol. The van der Waals surface area contributed by atoms with E-state index in [2.05, 4.69) is 12.2 Å². The molecule has 0 fully saturated rings. The predicted octanol–water partition coefficient (Wildman–Crippen LogP) is 3.85. The van der Waals surface area contributed by atoms with Crippen LogP contribution in [0.3, 0.4) is 0 Å². The van der Waals surface area contributed by atoms with E-state index in [0.29, 0.717) is 34.9 Å². The lowest BCUT2D eigenvalue weighted by Gasteiger charge is -2.18. The number of aromatic nitrogens is 2. The third-order valence-corrected chi connectivity index (χ3v) is 7.15. The number of nitrogens with one attached hydrogen (secondary N) is 1. The standard InChI is InChI=1S/C26H32N4O4S/c1-15(2)34-26(33)17-7-9-18(10-8-17)27-22(31)14-30-21(13-29(4)5)28-24-23(25(30)32)19-11-6-16(3)12-20(19)35-24/h7-10,15-16H,6,11-14H2,1-5H3,(H,27,31). The lowest BCUT2D eigenvalue weighted by Crippen LogP contribution is -2.33. The third-order valence-electron chi connectivity index (χ3n) is 6.00. The molecular weight excluding hydrogens is 464 g/mol. The van der Waals surface area contributed by atoms with Crippen molar-refractivity contribution in [1.29, 1.82) is 0 Å². The fourth-order valence-electron chi connectivity index (χ4n) is 4.35. The molecule has 8 nitrogen and oxygen atoms in total. The van der Waals surface area contributed by atoms with Crippen molar-refractivity contribution in [2.45, 2.75) is 59.2 Å². The van der Waals surface area contributed by atoms with Crippen LogP contribution < -0.4 is 10.9 Å². The van der Waals surface area contributed by atoms with Crippen molar-refractivity contribution in [2.24, 2.45) is 5.92 Å². The lowest BCUT2D eigenvalue weighted by atomic mass is 9.89. The van der Waals surface area contributed by atoms with Crippen LogP contribution in [0.2, 0.25) is 0 Å². The van der Waals surface area contributed by atoms with E-state index >= 15 is 0 Å². The van der Waals surface area contributed by atoms with Gasteiger partial charge in [-0.05, 0) is 83.0 Å². The molecule has 0 radical (unpaired) electrons. The van der Waals surface area contributed by atoms with Gasteiger partial charge in [0.2, 0.25) is 5.91 Å². The molecule has 1 unspecified atom stereocenters. The number of hydrogen-bond acceptors (Lipinski definition) is 7. The van der Waals surface area contributed by atoms with E-state index < -0.39 is 5.97 Å². The number of aryl methyl sites for hydroxylation is 1. The number of carbonyl (C=O) groups excluding carboxylic acids is 2. The molecule has 0 aliphatic heterocycles. The highest BCUT2D eigenvalue weighted by Crippen LogP contribution is 2.35. The second kappa shape index (κ2) is 10.3. The zero-order chi connectivity index (χ0) is 25.3. The Labute approximate surface area is 208 Å². The average molecular weight is 497 g/mol. The zero-order valence-corrected chi connectivity index (χ0v) is 21.7. The highest BCUT2D eigenvalue weighted by atomic mass is 32.1. The van der Waals surface area contributed by atoms with Gasteiger partial charge in [0, 0.05) is 10.6 Å². The van der Waals surface area contributed by atoms with E-state index in [1.807, 2.05) is 19.0 Å². The normalized spacial score (nSPS) is 15.5. The molecule has 9 heteroatoms. The van der Waals surface area contributed by atoms with Crippen molar-refractivity contribution < 1.29 is 14.3 Å². The second-order valence-corrected chi connectivity index (χ2v) is 10.9. The third kappa shape index (κ3) is 5.62. The van der Waals surface area contributed by atoms with Crippen LogP contribution in [0.4, 0.5) is 5.69 Å². The monoisotopic (exact) mass is 496 g/mol. The van der Waals surface area contributed by atoms with E-state index in [1.165, 1.54) is 9.44 Å². The summed E-state index contributed by atoms with van der Waals surface area (Å²) in [6.45, 7) is 6.13. The number of amides is 1. The Kier molecular flexibility index (Phi) is 7.37. The maximum atomic E-state index is 13.6. The Hall–Kier alpha value is -3.04. The number of ether oxygens (including phenoxy) is 1. The molecule has 1 atom stereocenters. The Bertz CT molecular complexity index is 1310. The molecule has 1 aromatic carbocycles. The summed E-state index contributed by atoms with van der Waals surface area (Å²) in [6.07, 6.45) is 2.69. The summed E-state index contributed by atoms with van der Waals surface area (Å²) in [4.78, 5) is 47.4. The summed E-state index contributed by atoms with van der Waals surface area (Å²) in [5.74, 6) is 0.429. The first-order valence-electron chi connectivity index (χ1n) is 11.9. The van der Waals surface area contributed by atoms with Crippen LogP contribution in [-0.4, -0.2) is 46.5 Å². The molecule has 2 heterocycles. The average Bonchev–Trinajstić information content (AvgIpc) is 3.13. The van der Waals surface area contributed by atoms with Crippen LogP contribution in [-0.2, 0) is 35.5 Å². The van der Waals surface area contributed by atoms with Crippen molar-refractivity contribution >= 4 is 39.1 Å². The van der Waals surface area contributed by atoms with Gasteiger partial charge < -0.3 is 15.0 Å². The fourth-order valence-corrected chi connectivity index (χ4v) is 5.74. The van der Waals surface area contributed by atoms with Crippen molar-refractivity contribution in [1.82, 2.24) is 14.5 Å². The molecule has 35 heavy (non-hydrogen) atoms. The molecule has 1 aliphatic rings. The Morgan fingerprint density at radius 1 is 1.26 bits per heavy atom. The van der Waals surface area contributed by atoms with Gasteiger partial charge in [0.15, 0.2) is 0 Å². The van der Waals surface area contributed by atoms with Gasteiger partial charge in [0.25, 0.3) is 5.56 Å². The maximum absolute atomic E-state index is 13.6. The first kappa shape index (κ1) is 25.1. The second-order valence-electron chi connectivity index (χ2n) is 9.77. The highest BCUT2D eigenvalue weighted by Gasteiger charge is 2.25. The molecule has 0 bridgehead atoms. The Morgan fingerprint density at radius 2 is 1.97 bits per heavy atom. The van der Waals surface area contributed by atoms with E-state index in [4.69, 9.17) is 9.72 Å². The molecule has 1 N–H and O–H groups in total. The molecule has 2 aromatic heterocycles. The van der Waals surface area contributed by atoms with Crippen LogP contribution in [0.5, 0.6) is 0 Å². The van der Waals surface area contributed by atoms with Crippen molar-refractivity contribution in [3.63, 3.8) is 0 Å². The van der Waals surface area contributed by atoms with Crippen LogP contribution in [0.1, 0.15) is 53.8 Å². The van der Waals surface area contributed by atoms with Crippen LogP contribution in [0.15, 0.2) is 29.1 Å². The molecule has 1 aliphatic carbocycles. The topological polar surface area (TPSA) is 93.5 Å². The number of hydrogen-bond donors (Lipinski definition) is 1. The number of thiophene rings is 1. The first-order chi connectivity index (χ1) is 16.6. The number of anilines is 1. The molecule has 3 aromatic rings. The number of benzene rings is 1. The molecule has 4 rings (SSSR count). The maximum Gasteiger partial charge on any atom is 0.338 e. The van der Waals surface area contributed by atoms with Crippen molar-refractivity contribution in [2.75, 3.05) is 19.4 Å². The Balaban J connectivity index is 1.60. The summed E-state index contributed by atoms with van der Waals surface area (Å²) >= 11 is 1.61. The smallest absolute Gasteiger partial charge is 0.338 e. The number of esters is 1. The summed E-state index contributed by atoms with van der Waals surface area (Å²) in [5.41, 5.74) is 1.90. The number of fused-ring (bicyclic) bond motifs is 3. The minimum absolute atomic E-state index is 0.136. The van der Waals surface area contributed by atoms with Crippen molar-refractivity contribution in [3.8, 4) is 0 Å². The van der Waals surface area contributed by atoms with Gasteiger partial charge in [0.05, 0.1) is 23.6 Å². The lowest BCUT2D eigenvalue weighted by molar-refractivity contribution is -0.116. The summed E-state index contributed by atoms with van der Waals surface area (Å²) in [5, 5.41) is 3.49. The minimum Gasteiger partial charge on any atom is -0.459 e. The van der Waals surface area contributed by atoms with Gasteiger partial charge >= 0.3 is 5.97 Å². The van der Waals surface area contributed by atoms with Crippen LogP contribution >= 0.6 is 11.3 Å². The molecule has 0 spiro atoms. The zero-order valence-electron chi connectivity index (χ0n) is 20.9. The highest BCUT2D eigenvalue weighted by molar-refractivity contribution is 7.18. The first-order valence-corrected chi connectivity index (χ1v) is 12.7. The van der Waals surface area contributed by atoms with Gasteiger partial charge in [-0.15, -0.1) is 11.3 Å². The summed E-state index contributed by atoms with van der Waals surface area (Å²) in [6, 6.07) is 6.51. The van der Waals surface area contributed by atoms with Crippen LogP contribution in [0.25, 0.3) is 10.2 Å². The van der Waals surface area contributed by atoms with Gasteiger partial charge in [-0.1, -0.05) is 6.92 Å². The largest absolute Gasteiger partial charge is 0.459 e. The van der Waals surface area contributed by atoms with E-state index in [1.54, 1.807) is 49.4 Å². The van der Waals surface area contributed by atoms with Gasteiger partial charge in [0.1, 0.15) is 17.2 Å². The Morgan fingerprint density at radius 3 is 2.63 bits per heavy atom. The van der Waals surface area contributed by atoms with Gasteiger partial charge in [-0.2, -0.15) is 0 Å². The number of carbonyl (C=O) groups is 2. The quantitative estimate of drug-likeness (QED) is 0.500. The van der Waals surface area contributed by atoms with Gasteiger partial charge in [-0.25, -0.2) is 9.78 Å². The van der Waals surface area contributed by atoms with E-state index in [9.17, 15) is 14.4 Å². The minimum atomic E-state index is -0.411. The van der Waals surface area contributed by atoms with Gasteiger partial charge in [-0.3, -0.25) is 14.2 Å². The number of rotatable bonds is 7. The SMILES string of the molecule is CC1CCc2c(sc3nc(CN(C)C)n(CC(=O)Nc4ccc(C(=O)OC(C)C)cc4)c(=O)c23)C1. The summed E-state index contributed by atoms with van der Waals surface area (Å²) < 4.78 is 6.69. The van der Waals surface area contributed by atoms with Crippen molar-refractivity contribution in [3.05, 3.63) is 56.4 Å². The fraction of sp³-hybridized carbons (Fsp3) is 0.462. The van der Waals surface area contributed by atoms with Crippen LogP contribution in [0, 0.1) is 5.92 Å². The van der Waals surface area contributed by atoms with E-state index in [-0.39, 0.29) is 24.1 Å². The molecular formula is C26H32N4O4S. The molecule has 1 amide bonds. The molecule has 0 saturated heterocycles. The molecule has 0 saturated carbocycles. The summed E-state index contributed by atoms with van der Waals surface area (Å²) in [7, 11) is 3.82.